The fourth-order valence-corrected chi connectivity index (χ4v) is 2.03. The van der Waals surface area contributed by atoms with E-state index in [0.29, 0.717) is 0 Å². The minimum absolute atomic E-state index is 0.0334. The number of hydrogen-bond acceptors (Lipinski definition) is 5. The van der Waals surface area contributed by atoms with E-state index in [0.717, 1.165) is 0 Å². The smallest absolute Gasteiger partial charge is 0.165 e. The van der Waals surface area contributed by atoms with Crippen LogP contribution >= 0.6 is 0 Å². The van der Waals surface area contributed by atoms with Crippen molar-refractivity contribution in [1.82, 2.24) is 0 Å². The first kappa shape index (κ1) is 14.4. The first-order chi connectivity index (χ1) is 8.42. The molecule has 0 aliphatic heterocycles. The largest absolute Gasteiger partial charge is 0.396 e. The predicted molar refractivity (Wildman–Crippen MR) is 62.7 cm³/mol. The van der Waals surface area contributed by atoms with Crippen LogP contribution in [0.25, 0.3) is 0 Å². The van der Waals surface area contributed by atoms with Crippen molar-refractivity contribution in [3.63, 3.8) is 0 Å². The minimum Gasteiger partial charge on any atom is -0.396 e. The second-order valence-corrected chi connectivity index (χ2v) is 4.71. The van der Waals surface area contributed by atoms with Gasteiger partial charge in [-0.1, -0.05) is 19.1 Å². The van der Waals surface area contributed by atoms with Crippen LogP contribution in [0.3, 0.4) is 0 Å². The lowest BCUT2D eigenvalue weighted by molar-refractivity contribution is -0.141. The number of ketones is 3. The molecule has 5 nitrogen and oxygen atoms in total. The topological polar surface area (TPSA) is 88.5 Å². The zero-order chi connectivity index (χ0) is 13.9. The molecule has 1 fully saturated rings. The van der Waals surface area contributed by atoms with Crippen LogP contribution in [-0.4, -0.2) is 35.3 Å². The number of allylic oxidation sites excluding steroid dienone is 1. The van der Waals surface area contributed by atoms with E-state index < -0.39 is 23.4 Å². The number of carbonyl (C=O) groups is 4. The highest BCUT2D eigenvalue weighted by Crippen LogP contribution is 2.28. The summed E-state index contributed by atoms with van der Waals surface area (Å²) >= 11 is 0. The summed E-state index contributed by atoms with van der Waals surface area (Å²) in [4.78, 5) is 46.0. The van der Waals surface area contributed by atoms with Crippen molar-refractivity contribution >= 4 is 23.6 Å². The number of aldehydes is 1. The summed E-state index contributed by atoms with van der Waals surface area (Å²) in [5.74, 6) is -4.24. The first-order valence-corrected chi connectivity index (χ1v) is 5.75. The van der Waals surface area contributed by atoms with E-state index in [1.165, 1.54) is 0 Å². The lowest BCUT2D eigenvalue weighted by atomic mass is 9.74. The second kappa shape index (κ2) is 5.82. The average Bonchev–Trinajstić information content (AvgIpc) is 2.28. The van der Waals surface area contributed by atoms with Gasteiger partial charge in [-0.3, -0.25) is 14.4 Å². The molecule has 5 heteroatoms. The van der Waals surface area contributed by atoms with E-state index in [9.17, 15) is 19.2 Å². The number of aliphatic hydroxyl groups excluding tert-OH is 1. The fraction of sp³-hybridized carbons (Fsp3) is 0.538. The molecule has 1 aliphatic carbocycles. The Balaban J connectivity index is 2.89. The van der Waals surface area contributed by atoms with E-state index in [-0.39, 0.29) is 43.0 Å². The maximum Gasteiger partial charge on any atom is 0.165 e. The van der Waals surface area contributed by atoms with Gasteiger partial charge < -0.3 is 9.90 Å². The molecule has 1 saturated carbocycles. The molecule has 0 bridgehead atoms. The number of carbonyl (C=O) groups excluding carboxylic acids is 4. The summed E-state index contributed by atoms with van der Waals surface area (Å²) in [6.45, 7) is 5.10. The molecule has 0 aromatic heterocycles. The van der Waals surface area contributed by atoms with Gasteiger partial charge in [-0.05, 0) is 5.92 Å². The van der Waals surface area contributed by atoms with Crippen molar-refractivity contribution in [2.24, 2.45) is 17.8 Å². The van der Waals surface area contributed by atoms with Gasteiger partial charge in [-0.15, -0.1) is 0 Å². The molecule has 18 heavy (non-hydrogen) atoms. The maximum absolute atomic E-state index is 11.9. The number of hydrogen-bond donors (Lipinski definition) is 1. The van der Waals surface area contributed by atoms with Gasteiger partial charge in [0.2, 0.25) is 0 Å². The summed E-state index contributed by atoms with van der Waals surface area (Å²) < 4.78 is 0. The van der Waals surface area contributed by atoms with Gasteiger partial charge in [0, 0.05) is 19.4 Å². The summed E-state index contributed by atoms with van der Waals surface area (Å²) in [6.07, 6.45) is 0.206. The van der Waals surface area contributed by atoms with Gasteiger partial charge in [-0.2, -0.15) is 0 Å². The molecule has 0 amide bonds. The van der Waals surface area contributed by atoms with E-state index in [1.807, 2.05) is 0 Å². The molecule has 2 unspecified atom stereocenters. The molecule has 1 rings (SSSR count). The van der Waals surface area contributed by atoms with Crippen molar-refractivity contribution in [1.29, 1.82) is 0 Å². The Hall–Kier alpha value is -1.62. The number of Topliss-reactive ketones (excluding diaryl/α,β-unsaturated/α-hetero) is 3. The Bertz CT molecular complexity index is 410. The van der Waals surface area contributed by atoms with Crippen LogP contribution < -0.4 is 0 Å². The van der Waals surface area contributed by atoms with Crippen LogP contribution in [0.5, 0.6) is 0 Å². The van der Waals surface area contributed by atoms with Crippen LogP contribution in [0.2, 0.25) is 0 Å². The Labute approximate surface area is 105 Å². The van der Waals surface area contributed by atoms with Crippen LogP contribution in [0, 0.1) is 17.8 Å². The van der Waals surface area contributed by atoms with Gasteiger partial charge >= 0.3 is 0 Å². The van der Waals surface area contributed by atoms with Crippen molar-refractivity contribution < 1.29 is 24.3 Å². The Kier molecular flexibility index (Phi) is 4.67. The standard InChI is InChI=1S/C13H16O5/c1-7(5-14)3-11(17)12-8(2)4-10(16)9(6-15)13(12)18/h6-7,9,12,14H,2-5H2,1H3/t7?,9-,12?/m0/s1. The van der Waals surface area contributed by atoms with Gasteiger partial charge in [-0.25, -0.2) is 0 Å². The molecule has 1 N–H and O–H groups in total. The van der Waals surface area contributed by atoms with E-state index in [1.54, 1.807) is 6.92 Å². The zero-order valence-electron chi connectivity index (χ0n) is 10.2. The third-order valence-electron chi connectivity index (χ3n) is 3.07. The highest BCUT2D eigenvalue weighted by molar-refractivity contribution is 6.23. The Morgan fingerprint density at radius 2 is 2.17 bits per heavy atom. The molecule has 1 aliphatic rings. The fourth-order valence-electron chi connectivity index (χ4n) is 2.03. The third-order valence-corrected chi connectivity index (χ3v) is 3.07. The van der Waals surface area contributed by atoms with E-state index in [4.69, 9.17) is 5.11 Å². The summed E-state index contributed by atoms with van der Waals surface area (Å²) in [5.41, 5.74) is 0.248. The lowest BCUT2D eigenvalue weighted by Gasteiger charge is -2.25. The van der Waals surface area contributed by atoms with E-state index in [2.05, 4.69) is 6.58 Å². The Morgan fingerprint density at radius 1 is 1.56 bits per heavy atom. The molecule has 0 aromatic rings. The number of rotatable bonds is 5. The highest BCUT2D eigenvalue weighted by atomic mass is 16.3. The van der Waals surface area contributed by atoms with Gasteiger partial charge in [0.15, 0.2) is 11.6 Å². The SMILES string of the molecule is C=C1CC(=O)[C@H](C=O)C(=O)C1C(=O)CC(C)CO. The molecular weight excluding hydrogens is 236 g/mol. The summed E-state index contributed by atoms with van der Waals surface area (Å²) in [5, 5.41) is 8.88. The molecule has 0 spiro atoms. The van der Waals surface area contributed by atoms with Crippen LogP contribution in [0.1, 0.15) is 19.8 Å². The zero-order valence-corrected chi connectivity index (χ0v) is 10.2. The molecule has 3 atom stereocenters. The predicted octanol–water partition coefficient (Wildman–Crippen LogP) is 0.103. The molecule has 0 heterocycles. The van der Waals surface area contributed by atoms with Gasteiger partial charge in [0.05, 0.1) is 5.92 Å². The van der Waals surface area contributed by atoms with Crippen LogP contribution in [0.15, 0.2) is 12.2 Å². The van der Waals surface area contributed by atoms with Crippen molar-refractivity contribution in [2.75, 3.05) is 6.61 Å². The lowest BCUT2D eigenvalue weighted by Crippen LogP contribution is -2.41. The number of aliphatic hydroxyl groups is 1. The second-order valence-electron chi connectivity index (χ2n) is 4.71. The molecular formula is C13H16O5. The molecule has 0 aromatic carbocycles. The average molecular weight is 252 g/mol. The normalized spacial score (nSPS) is 26.0. The summed E-state index contributed by atoms with van der Waals surface area (Å²) in [6, 6.07) is 0. The molecule has 98 valence electrons. The van der Waals surface area contributed by atoms with Gasteiger partial charge in [0.1, 0.15) is 18.0 Å². The minimum atomic E-state index is -1.34. The third kappa shape index (κ3) is 2.79. The van der Waals surface area contributed by atoms with Crippen molar-refractivity contribution in [3.8, 4) is 0 Å². The first-order valence-electron chi connectivity index (χ1n) is 5.75. The quantitative estimate of drug-likeness (QED) is 0.426. The highest BCUT2D eigenvalue weighted by Gasteiger charge is 2.42. The van der Waals surface area contributed by atoms with Gasteiger partial charge in [0.25, 0.3) is 0 Å². The van der Waals surface area contributed by atoms with Crippen LogP contribution in [-0.2, 0) is 19.2 Å². The van der Waals surface area contributed by atoms with Crippen molar-refractivity contribution in [2.45, 2.75) is 19.8 Å². The van der Waals surface area contributed by atoms with Crippen molar-refractivity contribution in [3.05, 3.63) is 12.2 Å². The Morgan fingerprint density at radius 3 is 2.67 bits per heavy atom. The molecule has 0 radical (unpaired) electrons. The monoisotopic (exact) mass is 252 g/mol. The maximum atomic E-state index is 11.9. The van der Waals surface area contributed by atoms with Crippen LogP contribution in [0.4, 0.5) is 0 Å². The molecule has 0 saturated heterocycles. The summed E-state index contributed by atoms with van der Waals surface area (Å²) in [7, 11) is 0. The van der Waals surface area contributed by atoms with E-state index >= 15 is 0 Å².